The summed E-state index contributed by atoms with van der Waals surface area (Å²) < 4.78 is 4.59. The van der Waals surface area contributed by atoms with Crippen molar-refractivity contribution in [3.63, 3.8) is 0 Å². The molecule has 0 aromatic rings. The first-order valence-electron chi connectivity index (χ1n) is 4.63. The minimum atomic E-state index is -0.281. The van der Waals surface area contributed by atoms with Crippen molar-refractivity contribution in [2.45, 2.75) is 33.6 Å². The number of carbonyl (C=O) groups is 2. The fourth-order valence-corrected chi connectivity index (χ4v) is 1.04. The molecule has 0 N–H and O–H groups in total. The molecule has 3 heteroatoms. The Balaban J connectivity index is 4.13. The Kier molecular flexibility index (Phi) is 5.35. The second kappa shape index (κ2) is 5.73. The largest absolute Gasteiger partial charge is 0.469 e. The number of ketones is 1. The molecular weight excluding hydrogens is 168 g/mol. The number of ether oxygens (including phenoxy) is 1. The van der Waals surface area contributed by atoms with E-state index in [0.717, 1.165) is 0 Å². The lowest BCUT2D eigenvalue weighted by molar-refractivity contribution is -0.147. The second-order valence-corrected chi connectivity index (χ2v) is 3.45. The van der Waals surface area contributed by atoms with Crippen molar-refractivity contribution in [3.8, 4) is 0 Å². The summed E-state index contributed by atoms with van der Waals surface area (Å²) in [6.07, 6.45) is 0.964. The van der Waals surface area contributed by atoms with Gasteiger partial charge in [0, 0.05) is 12.3 Å². The van der Waals surface area contributed by atoms with E-state index in [1.165, 1.54) is 7.11 Å². The number of hydrogen-bond acceptors (Lipinski definition) is 3. The average Bonchev–Trinajstić information content (AvgIpc) is 2.12. The van der Waals surface area contributed by atoms with E-state index >= 15 is 0 Å². The van der Waals surface area contributed by atoms with Gasteiger partial charge in [-0.25, -0.2) is 0 Å². The summed E-state index contributed by atoms with van der Waals surface area (Å²) >= 11 is 0. The maximum absolute atomic E-state index is 11.3. The first kappa shape index (κ1) is 12.1. The molecule has 0 aromatic heterocycles. The molecule has 0 aliphatic rings. The van der Waals surface area contributed by atoms with Crippen LogP contribution in [0.3, 0.4) is 0 Å². The number of methoxy groups -OCH3 is 1. The molecule has 0 amide bonds. The van der Waals surface area contributed by atoms with Gasteiger partial charge in [0.05, 0.1) is 13.0 Å². The lowest BCUT2D eigenvalue weighted by Crippen LogP contribution is -2.21. The first-order valence-corrected chi connectivity index (χ1v) is 4.63. The van der Waals surface area contributed by atoms with Gasteiger partial charge in [-0.15, -0.1) is 0 Å². The molecule has 0 aromatic carbocycles. The summed E-state index contributed by atoms with van der Waals surface area (Å²) in [4.78, 5) is 22.5. The molecule has 76 valence electrons. The van der Waals surface area contributed by atoms with Crippen LogP contribution in [-0.2, 0) is 14.3 Å². The Morgan fingerprint density at radius 3 is 2.15 bits per heavy atom. The van der Waals surface area contributed by atoms with Crippen molar-refractivity contribution in [1.82, 2.24) is 0 Å². The van der Waals surface area contributed by atoms with Crippen LogP contribution in [0.2, 0.25) is 0 Å². The summed E-state index contributed by atoms with van der Waals surface area (Å²) in [6, 6.07) is 0. The number of esters is 1. The molecule has 0 spiro atoms. The Morgan fingerprint density at radius 1 is 1.31 bits per heavy atom. The fourth-order valence-electron chi connectivity index (χ4n) is 1.04. The zero-order valence-electron chi connectivity index (χ0n) is 8.79. The summed E-state index contributed by atoms with van der Waals surface area (Å²) in [5, 5.41) is 0. The van der Waals surface area contributed by atoms with E-state index < -0.39 is 0 Å². The van der Waals surface area contributed by atoms with E-state index in [0.29, 0.717) is 12.8 Å². The standard InChI is InChI=1S/C10H18O3/c1-5-8(10(12)13-4)6-9(11)7(2)3/h7-8H,5-6H2,1-4H3. The van der Waals surface area contributed by atoms with Crippen LogP contribution in [0, 0.1) is 11.8 Å². The van der Waals surface area contributed by atoms with Gasteiger partial charge in [0.2, 0.25) is 0 Å². The monoisotopic (exact) mass is 186 g/mol. The Labute approximate surface area is 79.5 Å². The summed E-state index contributed by atoms with van der Waals surface area (Å²) in [5.74, 6) is -0.424. The fraction of sp³-hybridized carbons (Fsp3) is 0.800. The number of carbonyl (C=O) groups excluding carboxylic acids is 2. The molecule has 0 saturated carbocycles. The SMILES string of the molecule is CCC(CC(=O)C(C)C)C(=O)OC. The summed E-state index contributed by atoms with van der Waals surface area (Å²) in [6.45, 7) is 5.56. The van der Waals surface area contributed by atoms with Gasteiger partial charge in [-0.05, 0) is 6.42 Å². The van der Waals surface area contributed by atoms with Crippen molar-refractivity contribution in [1.29, 1.82) is 0 Å². The number of rotatable bonds is 5. The highest BCUT2D eigenvalue weighted by atomic mass is 16.5. The van der Waals surface area contributed by atoms with Crippen LogP contribution in [0.1, 0.15) is 33.6 Å². The minimum absolute atomic E-state index is 0.00120. The normalized spacial score (nSPS) is 12.7. The molecular formula is C10H18O3. The molecule has 0 aliphatic heterocycles. The van der Waals surface area contributed by atoms with Crippen LogP contribution >= 0.6 is 0 Å². The highest BCUT2D eigenvalue weighted by Gasteiger charge is 2.21. The second-order valence-electron chi connectivity index (χ2n) is 3.45. The maximum Gasteiger partial charge on any atom is 0.309 e. The predicted octanol–water partition coefficient (Wildman–Crippen LogP) is 1.80. The number of hydrogen-bond donors (Lipinski definition) is 0. The molecule has 13 heavy (non-hydrogen) atoms. The molecule has 1 unspecified atom stereocenters. The molecule has 1 atom stereocenters. The molecule has 0 bridgehead atoms. The highest BCUT2D eigenvalue weighted by Crippen LogP contribution is 2.13. The van der Waals surface area contributed by atoms with Crippen molar-refractivity contribution < 1.29 is 14.3 Å². The molecule has 0 aliphatic carbocycles. The average molecular weight is 186 g/mol. The lowest BCUT2D eigenvalue weighted by Gasteiger charge is -2.12. The van der Waals surface area contributed by atoms with E-state index in [-0.39, 0.29) is 23.6 Å². The van der Waals surface area contributed by atoms with Gasteiger partial charge in [0.15, 0.2) is 0 Å². The van der Waals surface area contributed by atoms with E-state index in [4.69, 9.17) is 0 Å². The molecule has 3 nitrogen and oxygen atoms in total. The summed E-state index contributed by atoms with van der Waals surface area (Å²) in [5.41, 5.74) is 0. The van der Waals surface area contributed by atoms with Gasteiger partial charge >= 0.3 is 5.97 Å². The van der Waals surface area contributed by atoms with Gasteiger partial charge in [-0.3, -0.25) is 9.59 Å². The molecule has 0 heterocycles. The Bertz CT molecular complexity index is 185. The van der Waals surface area contributed by atoms with Crippen LogP contribution < -0.4 is 0 Å². The van der Waals surface area contributed by atoms with Crippen molar-refractivity contribution >= 4 is 11.8 Å². The van der Waals surface area contributed by atoms with E-state index in [2.05, 4.69) is 4.74 Å². The predicted molar refractivity (Wildman–Crippen MR) is 50.3 cm³/mol. The van der Waals surface area contributed by atoms with Gasteiger partial charge in [0.25, 0.3) is 0 Å². The molecule has 0 saturated heterocycles. The topological polar surface area (TPSA) is 43.4 Å². The van der Waals surface area contributed by atoms with Gasteiger partial charge in [0.1, 0.15) is 5.78 Å². The smallest absolute Gasteiger partial charge is 0.309 e. The maximum atomic E-state index is 11.3. The van der Waals surface area contributed by atoms with E-state index in [1.807, 2.05) is 20.8 Å². The number of Topliss-reactive ketones (excluding diaryl/α,β-unsaturated/α-hetero) is 1. The highest BCUT2D eigenvalue weighted by molar-refractivity contribution is 5.85. The molecule has 0 radical (unpaired) electrons. The van der Waals surface area contributed by atoms with E-state index in [9.17, 15) is 9.59 Å². The minimum Gasteiger partial charge on any atom is -0.469 e. The van der Waals surface area contributed by atoms with Crippen LogP contribution in [0.5, 0.6) is 0 Å². The van der Waals surface area contributed by atoms with Gasteiger partial charge < -0.3 is 4.74 Å². The quantitative estimate of drug-likeness (QED) is 0.615. The van der Waals surface area contributed by atoms with Crippen molar-refractivity contribution in [3.05, 3.63) is 0 Å². The summed E-state index contributed by atoms with van der Waals surface area (Å²) in [7, 11) is 1.35. The van der Waals surface area contributed by atoms with Crippen molar-refractivity contribution in [2.75, 3.05) is 7.11 Å². The first-order chi connectivity index (χ1) is 6.02. The molecule has 0 fully saturated rings. The van der Waals surface area contributed by atoms with E-state index in [1.54, 1.807) is 0 Å². The van der Waals surface area contributed by atoms with Crippen LogP contribution in [0.25, 0.3) is 0 Å². The Morgan fingerprint density at radius 2 is 1.85 bits per heavy atom. The lowest BCUT2D eigenvalue weighted by atomic mass is 9.95. The van der Waals surface area contributed by atoms with Gasteiger partial charge in [-0.2, -0.15) is 0 Å². The third kappa shape index (κ3) is 4.06. The van der Waals surface area contributed by atoms with Gasteiger partial charge in [-0.1, -0.05) is 20.8 Å². The molecule has 0 rings (SSSR count). The van der Waals surface area contributed by atoms with Crippen LogP contribution in [0.15, 0.2) is 0 Å². The van der Waals surface area contributed by atoms with Crippen LogP contribution in [-0.4, -0.2) is 18.9 Å². The van der Waals surface area contributed by atoms with Crippen molar-refractivity contribution in [2.24, 2.45) is 11.8 Å². The third-order valence-electron chi connectivity index (χ3n) is 2.12. The zero-order valence-corrected chi connectivity index (χ0v) is 8.79. The third-order valence-corrected chi connectivity index (χ3v) is 2.12. The zero-order chi connectivity index (χ0) is 10.4. The van der Waals surface area contributed by atoms with Crippen LogP contribution in [0.4, 0.5) is 0 Å². The Hall–Kier alpha value is -0.860.